The molecular formula is C12H14Zr. The van der Waals surface area contributed by atoms with Crippen molar-refractivity contribution in [2.24, 2.45) is 5.92 Å². The van der Waals surface area contributed by atoms with E-state index in [-0.39, 0.29) is 26.2 Å². The first kappa shape index (κ1) is 10.9. The zero-order valence-electron chi connectivity index (χ0n) is 8.17. The largest absolute Gasteiger partial charge is 0.0626 e. The first-order valence-corrected chi connectivity index (χ1v) is 4.56. The van der Waals surface area contributed by atoms with Crippen molar-refractivity contribution in [2.75, 3.05) is 0 Å². The fourth-order valence-electron chi connectivity index (χ4n) is 1.68. The molecule has 0 aromatic heterocycles. The summed E-state index contributed by atoms with van der Waals surface area (Å²) in [5, 5.41) is 0. The predicted octanol–water partition coefficient (Wildman–Crippen LogP) is 3.28. The molecule has 0 saturated carbocycles. The maximum absolute atomic E-state index is 2.33. The molecule has 1 aromatic carbocycles. The van der Waals surface area contributed by atoms with Gasteiger partial charge in [-0.3, -0.25) is 0 Å². The molecule has 0 radical (unpaired) electrons. The molecule has 13 heavy (non-hydrogen) atoms. The van der Waals surface area contributed by atoms with Crippen molar-refractivity contribution in [1.82, 2.24) is 0 Å². The van der Waals surface area contributed by atoms with E-state index in [2.05, 4.69) is 44.2 Å². The van der Waals surface area contributed by atoms with E-state index in [1.807, 2.05) is 0 Å². The van der Waals surface area contributed by atoms with E-state index in [1.165, 1.54) is 11.1 Å². The summed E-state index contributed by atoms with van der Waals surface area (Å²) in [4.78, 5) is 0. The molecule has 0 nitrogen and oxygen atoms in total. The molecule has 1 aliphatic carbocycles. The monoisotopic (exact) mass is 248 g/mol. The third-order valence-electron chi connectivity index (χ3n) is 2.53. The van der Waals surface area contributed by atoms with Crippen molar-refractivity contribution in [3.05, 3.63) is 41.0 Å². The minimum absolute atomic E-state index is 0. The number of rotatable bonds is 1. The Kier molecular flexibility index (Phi) is 3.67. The summed E-state index contributed by atoms with van der Waals surface area (Å²) < 4.78 is 0. The Morgan fingerprint density at radius 3 is 2.46 bits per heavy atom. The van der Waals surface area contributed by atoms with Crippen LogP contribution in [0.4, 0.5) is 0 Å². The standard InChI is InChI=1S/C12H14.Zr/c1-9(2)12-7-10-5-3-4-6-11(10)8-12;/h3-7,9H,8H2,1-2H3;. The van der Waals surface area contributed by atoms with Crippen LogP contribution in [-0.2, 0) is 32.6 Å². The van der Waals surface area contributed by atoms with E-state index < -0.39 is 0 Å². The van der Waals surface area contributed by atoms with Crippen molar-refractivity contribution >= 4 is 6.08 Å². The van der Waals surface area contributed by atoms with Crippen LogP contribution in [-0.4, -0.2) is 0 Å². The molecule has 0 aliphatic heterocycles. The molecule has 66 valence electrons. The topological polar surface area (TPSA) is 0 Å². The van der Waals surface area contributed by atoms with Crippen LogP contribution in [0.2, 0.25) is 0 Å². The third-order valence-corrected chi connectivity index (χ3v) is 2.53. The van der Waals surface area contributed by atoms with E-state index in [1.54, 1.807) is 5.57 Å². The first-order valence-electron chi connectivity index (χ1n) is 4.56. The summed E-state index contributed by atoms with van der Waals surface area (Å²) in [6.45, 7) is 4.52. The van der Waals surface area contributed by atoms with Gasteiger partial charge in [-0.05, 0) is 23.5 Å². The van der Waals surface area contributed by atoms with Crippen molar-refractivity contribution in [1.29, 1.82) is 0 Å². The summed E-state index contributed by atoms with van der Waals surface area (Å²) in [5.41, 5.74) is 4.47. The van der Waals surface area contributed by atoms with Crippen LogP contribution in [0.3, 0.4) is 0 Å². The SMILES string of the molecule is CC(C)C1=Cc2ccccc2C1.[Zr]. The molecule has 1 heteroatoms. The Morgan fingerprint density at radius 2 is 1.85 bits per heavy atom. The predicted molar refractivity (Wildman–Crippen MR) is 53.0 cm³/mol. The Morgan fingerprint density at radius 1 is 1.15 bits per heavy atom. The van der Waals surface area contributed by atoms with E-state index in [0.717, 1.165) is 6.42 Å². The van der Waals surface area contributed by atoms with Gasteiger partial charge in [-0.25, -0.2) is 0 Å². The first-order chi connectivity index (χ1) is 5.77. The van der Waals surface area contributed by atoms with Crippen LogP contribution in [0.5, 0.6) is 0 Å². The van der Waals surface area contributed by atoms with Gasteiger partial charge in [0.2, 0.25) is 0 Å². The van der Waals surface area contributed by atoms with Crippen LogP contribution in [0.25, 0.3) is 6.08 Å². The molecule has 2 rings (SSSR count). The Balaban J connectivity index is 0.000000845. The fourth-order valence-corrected chi connectivity index (χ4v) is 1.68. The Hall–Kier alpha value is -0.157. The molecule has 1 aliphatic rings. The quantitative estimate of drug-likeness (QED) is 0.716. The third kappa shape index (κ3) is 2.20. The second-order valence-corrected chi connectivity index (χ2v) is 3.75. The molecule has 0 unspecified atom stereocenters. The molecular weight excluding hydrogens is 235 g/mol. The molecule has 1 aromatic rings. The zero-order chi connectivity index (χ0) is 8.55. The summed E-state index contributed by atoms with van der Waals surface area (Å²) in [6, 6.07) is 8.65. The van der Waals surface area contributed by atoms with Gasteiger partial charge < -0.3 is 0 Å². The molecule has 0 heterocycles. The van der Waals surface area contributed by atoms with Crippen LogP contribution in [0, 0.1) is 5.92 Å². The van der Waals surface area contributed by atoms with Crippen molar-refractivity contribution in [3.8, 4) is 0 Å². The van der Waals surface area contributed by atoms with Crippen LogP contribution in [0.1, 0.15) is 25.0 Å². The Bertz CT molecular complexity index is 324. The van der Waals surface area contributed by atoms with E-state index >= 15 is 0 Å². The second kappa shape index (κ2) is 4.37. The summed E-state index contributed by atoms with van der Waals surface area (Å²) >= 11 is 0. The van der Waals surface area contributed by atoms with E-state index in [4.69, 9.17) is 0 Å². The van der Waals surface area contributed by atoms with Crippen molar-refractivity contribution in [3.63, 3.8) is 0 Å². The molecule has 0 spiro atoms. The van der Waals surface area contributed by atoms with Gasteiger partial charge in [0.1, 0.15) is 0 Å². The van der Waals surface area contributed by atoms with Gasteiger partial charge in [0.05, 0.1) is 0 Å². The second-order valence-electron chi connectivity index (χ2n) is 3.75. The molecule has 0 N–H and O–H groups in total. The minimum Gasteiger partial charge on any atom is -0.0626 e. The van der Waals surface area contributed by atoms with E-state index in [0.29, 0.717) is 5.92 Å². The number of hydrogen-bond acceptors (Lipinski definition) is 0. The maximum atomic E-state index is 2.33. The summed E-state index contributed by atoms with van der Waals surface area (Å²) in [6.07, 6.45) is 3.49. The van der Waals surface area contributed by atoms with Crippen LogP contribution >= 0.6 is 0 Å². The average Bonchev–Trinajstić information content (AvgIpc) is 2.46. The normalized spacial score (nSPS) is 13.6. The molecule has 0 atom stereocenters. The minimum atomic E-state index is 0. The fraction of sp³-hybridized carbons (Fsp3) is 0.333. The molecule has 0 bridgehead atoms. The van der Waals surface area contributed by atoms with Crippen LogP contribution < -0.4 is 0 Å². The van der Waals surface area contributed by atoms with Crippen molar-refractivity contribution < 1.29 is 26.2 Å². The van der Waals surface area contributed by atoms with Gasteiger partial charge in [-0.15, -0.1) is 0 Å². The van der Waals surface area contributed by atoms with Gasteiger partial charge >= 0.3 is 0 Å². The van der Waals surface area contributed by atoms with Crippen LogP contribution in [0.15, 0.2) is 29.8 Å². The smallest absolute Gasteiger partial charge is 0 e. The Labute approximate surface area is 99.2 Å². The van der Waals surface area contributed by atoms with Gasteiger partial charge in [0, 0.05) is 26.2 Å². The van der Waals surface area contributed by atoms with E-state index in [9.17, 15) is 0 Å². The zero-order valence-corrected chi connectivity index (χ0v) is 10.6. The van der Waals surface area contributed by atoms with Gasteiger partial charge in [-0.2, -0.15) is 0 Å². The number of allylic oxidation sites excluding steroid dienone is 1. The van der Waals surface area contributed by atoms with Gasteiger partial charge in [-0.1, -0.05) is 49.8 Å². The maximum Gasteiger partial charge on any atom is 0 e. The summed E-state index contributed by atoms with van der Waals surface area (Å²) in [5.74, 6) is 0.692. The summed E-state index contributed by atoms with van der Waals surface area (Å²) in [7, 11) is 0. The number of benzene rings is 1. The van der Waals surface area contributed by atoms with Gasteiger partial charge in [0.15, 0.2) is 0 Å². The molecule has 0 fully saturated rings. The number of hydrogen-bond donors (Lipinski definition) is 0. The van der Waals surface area contributed by atoms with Gasteiger partial charge in [0.25, 0.3) is 0 Å². The average molecular weight is 249 g/mol. The number of fused-ring (bicyclic) bond motifs is 1. The molecule has 0 saturated heterocycles. The van der Waals surface area contributed by atoms with Crippen molar-refractivity contribution in [2.45, 2.75) is 20.3 Å². The molecule has 0 amide bonds.